The van der Waals surface area contributed by atoms with E-state index in [1.54, 1.807) is 86.9 Å². The van der Waals surface area contributed by atoms with Crippen LogP contribution in [0.4, 0.5) is 0 Å². The van der Waals surface area contributed by atoms with Crippen molar-refractivity contribution in [2.75, 3.05) is 72.5 Å². The van der Waals surface area contributed by atoms with Gasteiger partial charge in [0.15, 0.2) is 5.96 Å². The van der Waals surface area contributed by atoms with Crippen LogP contribution >= 0.6 is 23.4 Å². The Labute approximate surface area is 779 Å². The molecule has 0 spiro atoms. The zero-order chi connectivity index (χ0) is 97.4. The summed E-state index contributed by atoms with van der Waals surface area (Å²) in [5, 5.41) is 49.7. The molecule has 722 valence electrons. The third-order valence-electron chi connectivity index (χ3n) is 23.2. The number of carbonyl (C=O) groups excluding carboxylic acids is 17. The Kier molecular flexibility index (Phi) is 40.3. The first-order valence-corrected chi connectivity index (χ1v) is 45.8. The van der Waals surface area contributed by atoms with Crippen molar-refractivity contribution in [3.63, 3.8) is 0 Å². The van der Waals surface area contributed by atoms with Gasteiger partial charge in [-0.15, -0.1) is 11.8 Å². The molecule has 0 radical (unpaired) electrons. The van der Waals surface area contributed by atoms with Gasteiger partial charge in [0.2, 0.25) is 100 Å². The lowest BCUT2D eigenvalue weighted by Crippen LogP contribution is -2.61. The Morgan fingerprint density at radius 2 is 1.10 bits per heavy atom. The molecule has 3 aromatic heterocycles. The maximum atomic E-state index is 15.7. The first-order valence-electron chi connectivity index (χ1n) is 44.3. The molecule has 2 aliphatic heterocycles. The number of amides is 17. The molecule has 22 N–H and O–H groups in total. The number of guanidine groups is 1. The SMILES string of the molecule is CCCC[C@H]1C(=O)N(C)[C@@H](CCCC)C(=O)N[C@@H](CCCNC(=N)N)C(=O)N[C@H](C(=O)NCC(N)=O)CSCC(=O)N[C@@H](Cc2ccc(Cl)cc2)C(=O)N(C)[C@@H](C)C(=O)N[C@@H](CC(N)=O)C(=O)N2CCC[C@H]2C(=O)N[C@@H](Cc2cnc[nH]2)C(=O)N[C@@H](CC(C)C)C(=O)N(C)CC(=O)N[C@@H](Cc2c[nH]c3ccccc23)C(=O)N[C@@H](CO)C(=O)N[C@@H](Cc2c[nH]c3ccccc23)C(=O)N1C. The van der Waals surface area contributed by atoms with E-state index in [2.05, 4.69) is 78.4 Å². The highest BCUT2D eigenvalue weighted by molar-refractivity contribution is 8.00. The van der Waals surface area contributed by atoms with Gasteiger partial charge in [0.05, 0.1) is 38.2 Å². The third-order valence-corrected chi connectivity index (χ3v) is 24.5. The van der Waals surface area contributed by atoms with E-state index in [0.717, 1.165) is 36.3 Å². The highest BCUT2D eigenvalue weighted by Crippen LogP contribution is 2.26. The smallest absolute Gasteiger partial charge is 0.246 e. The number of aromatic amines is 3. The van der Waals surface area contributed by atoms with Gasteiger partial charge in [0.1, 0.15) is 78.5 Å². The number of thioether (sulfide) groups is 1. The molecule has 6 aromatic rings. The molecular weight excluding hydrogens is 1760 g/mol. The van der Waals surface area contributed by atoms with E-state index < -0.39 is 223 Å². The van der Waals surface area contributed by atoms with Crippen molar-refractivity contribution in [1.82, 2.24) is 103 Å². The van der Waals surface area contributed by atoms with Gasteiger partial charge in [0, 0.05) is 124 Å². The zero-order valence-corrected chi connectivity index (χ0v) is 77.7. The van der Waals surface area contributed by atoms with E-state index in [9.17, 15) is 62.6 Å². The summed E-state index contributed by atoms with van der Waals surface area (Å²) in [5.74, 6) is -17.3. The summed E-state index contributed by atoms with van der Waals surface area (Å²) in [6.07, 6.45) is 5.85. The van der Waals surface area contributed by atoms with Gasteiger partial charge >= 0.3 is 0 Å². The van der Waals surface area contributed by atoms with E-state index in [4.69, 9.17) is 34.2 Å². The van der Waals surface area contributed by atoms with Crippen LogP contribution in [-0.4, -0.2) is 307 Å². The van der Waals surface area contributed by atoms with Gasteiger partial charge in [-0.2, -0.15) is 0 Å². The number of fused-ring (bicyclic) bond motifs is 3. The number of halogens is 1. The van der Waals surface area contributed by atoms with E-state index in [-0.39, 0.29) is 89.6 Å². The van der Waals surface area contributed by atoms with Crippen LogP contribution in [0.1, 0.15) is 134 Å². The van der Waals surface area contributed by atoms with E-state index in [0.29, 0.717) is 74.9 Å². The van der Waals surface area contributed by atoms with Crippen LogP contribution in [-0.2, 0) is 107 Å². The number of aliphatic hydroxyl groups is 1. The summed E-state index contributed by atoms with van der Waals surface area (Å²) >= 11 is 7.04. The van der Waals surface area contributed by atoms with Gasteiger partial charge in [0.25, 0.3) is 0 Å². The number of nitrogens with zero attached hydrogens (tertiary/aromatic N) is 6. The quantitative estimate of drug-likeness (QED) is 0.0167. The second-order valence-electron chi connectivity index (χ2n) is 33.8. The highest BCUT2D eigenvalue weighted by atomic mass is 35.5. The number of imidazole rings is 1. The first kappa shape index (κ1) is 105. The van der Waals surface area contributed by atoms with E-state index >= 15 is 24.0 Å². The summed E-state index contributed by atoms with van der Waals surface area (Å²) in [5.41, 5.74) is 19.9. The van der Waals surface area contributed by atoms with Gasteiger partial charge in [-0.3, -0.25) is 86.9 Å². The van der Waals surface area contributed by atoms with Crippen LogP contribution in [0.3, 0.4) is 0 Å². The van der Waals surface area contributed by atoms with Crippen molar-refractivity contribution < 1.29 is 86.6 Å². The fourth-order valence-electron chi connectivity index (χ4n) is 15.8. The Balaban J connectivity index is 1.18. The fraction of sp³-hybridized carbons (Fsp3) is 0.517. The molecule has 0 unspecified atom stereocenters. The number of para-hydroxylation sites is 2. The summed E-state index contributed by atoms with van der Waals surface area (Å²) in [6.45, 7) is 5.87. The van der Waals surface area contributed by atoms with Gasteiger partial charge in [-0.1, -0.05) is 114 Å². The fourth-order valence-corrected chi connectivity index (χ4v) is 16.8. The number of aromatic nitrogens is 4. The van der Waals surface area contributed by atoms with Crippen LogP contribution in [0.25, 0.3) is 21.8 Å². The normalized spacial score (nSPS) is 23.4. The average molecular weight is 1890 g/mol. The summed E-state index contributed by atoms with van der Waals surface area (Å²) in [6, 6.07) is 0.530. The molecule has 133 heavy (non-hydrogen) atoms. The summed E-state index contributed by atoms with van der Waals surface area (Å²) < 4.78 is 0. The number of hydrogen-bond acceptors (Lipinski definition) is 21. The molecule has 17 amide bonds. The zero-order valence-electron chi connectivity index (χ0n) is 76.2. The lowest BCUT2D eigenvalue weighted by atomic mass is 10.00. The molecule has 2 aliphatic rings. The second-order valence-corrected chi connectivity index (χ2v) is 35.3. The Morgan fingerprint density at radius 1 is 0.556 bits per heavy atom. The monoisotopic (exact) mass is 1880 g/mol. The lowest BCUT2D eigenvalue weighted by molar-refractivity contribution is -0.149. The minimum atomic E-state index is -1.85. The number of benzene rings is 3. The number of likely N-dealkylation sites (N-methyl/N-ethyl adjacent to an activating group) is 4. The second kappa shape index (κ2) is 51.0. The molecular formula is C89H125ClN24O18S. The molecule has 13 atom stereocenters. The van der Waals surface area contributed by atoms with Crippen molar-refractivity contribution in [3.8, 4) is 0 Å². The largest absolute Gasteiger partial charge is 0.394 e. The van der Waals surface area contributed by atoms with Gasteiger partial charge < -0.3 is 120 Å². The highest BCUT2D eigenvalue weighted by Gasteiger charge is 2.44. The van der Waals surface area contributed by atoms with Crippen LogP contribution < -0.4 is 75.7 Å². The number of rotatable bonds is 26. The standard InChI is InChI=1S/C89H125ClN24O18S/c1-10-12-25-69-82(126)103-60(24-18-32-96-89(93)94)78(122)109-68(77(121)99-43-73(92)117)46-133-47-75(119)102-64(35-51-28-30-54(90)31-29-51)85(129)111(7)50(5)76(120)105-66(39-72(91)116)87(131)114-33-19-27-70(114)83(127)104-62(38-55-42-95-48-100-55)80(124)106-63(34-49(3)4)84(128)110(6)44-74(118)101-61(36-52-40-97-58-22-16-14-20-56(52)58)79(123)108-67(45-115)81(125)107-65(37-53-41-98-59-23-17-15-21-57(53)59)86(130)113(9)71(26-13-11-2)88(132)112(69)8/h14-17,20-23,28-31,40-42,48-50,60-71,97-98,115H,10-13,18-19,24-27,32-39,43-47H2,1-9H3,(H2,91,116)(H2,92,117)(H,95,100)(H,99,121)(H,101,118)(H,102,119)(H,103,126)(H,104,127)(H,105,120)(H,106,124)(H,107,125)(H,108,123)(H,109,122)(H4,93,94,96)/t50-,60-,61-,62-,63-,64-,65-,66-,67-,68-,69-,70-,71-/m0/s1. The number of nitrogens with two attached hydrogens (primary N) is 3. The predicted octanol–water partition coefficient (Wildman–Crippen LogP) is -1.48. The van der Waals surface area contributed by atoms with Gasteiger partial charge in [-0.05, 0) is 98.7 Å². The molecule has 2 saturated heterocycles. The minimum Gasteiger partial charge on any atom is -0.394 e. The molecule has 0 aliphatic carbocycles. The number of carbonyl (C=O) groups is 17. The van der Waals surface area contributed by atoms with Crippen molar-refractivity contribution in [2.24, 2.45) is 23.1 Å². The maximum Gasteiger partial charge on any atom is 0.246 e. The van der Waals surface area contributed by atoms with Crippen LogP contribution in [0.15, 0.2) is 97.7 Å². The summed E-state index contributed by atoms with van der Waals surface area (Å²) in [4.78, 5) is 267. The third kappa shape index (κ3) is 30.7. The van der Waals surface area contributed by atoms with Crippen molar-refractivity contribution >= 4 is 152 Å². The molecule has 2 fully saturated rings. The molecule has 44 heteroatoms. The molecule has 8 rings (SSSR count). The molecule has 5 heterocycles. The van der Waals surface area contributed by atoms with Crippen molar-refractivity contribution in [2.45, 2.75) is 216 Å². The average Bonchev–Trinajstić information content (AvgIpc) is 1.81. The molecule has 42 nitrogen and oxygen atoms in total. The lowest BCUT2D eigenvalue weighted by Gasteiger charge is -2.36. The first-order chi connectivity index (χ1) is 63.3. The number of unbranched alkanes of at least 4 members (excludes halogenated alkanes) is 2. The van der Waals surface area contributed by atoms with Crippen molar-refractivity contribution in [3.05, 3.63) is 125 Å². The van der Waals surface area contributed by atoms with Crippen LogP contribution in [0.2, 0.25) is 5.02 Å². The van der Waals surface area contributed by atoms with E-state index in [1.807, 2.05) is 13.8 Å². The molecule has 0 bridgehead atoms. The Morgan fingerprint density at radius 3 is 1.69 bits per heavy atom. The Hall–Kier alpha value is -13.2. The summed E-state index contributed by atoms with van der Waals surface area (Å²) in [7, 11) is 5.22. The minimum absolute atomic E-state index is 0.00254. The maximum absolute atomic E-state index is 15.7. The number of H-pyrrole nitrogens is 3. The van der Waals surface area contributed by atoms with Crippen LogP contribution in [0.5, 0.6) is 0 Å². The predicted molar refractivity (Wildman–Crippen MR) is 495 cm³/mol. The molecule has 3 aromatic carbocycles. The number of aliphatic hydroxyl groups excluding tert-OH is 1. The number of nitrogens with one attached hydrogen (secondary N) is 15. The number of hydrogen-bond donors (Lipinski definition) is 19. The van der Waals surface area contributed by atoms with Crippen molar-refractivity contribution in [1.29, 1.82) is 5.41 Å². The van der Waals surface area contributed by atoms with E-state index in [1.165, 1.54) is 59.8 Å². The Bertz CT molecular complexity index is 5110. The number of primary amides is 2. The van der Waals surface area contributed by atoms with Crippen LogP contribution in [0, 0.1) is 11.3 Å². The molecule has 0 saturated carbocycles. The topological polar surface area (TPSA) is 621 Å². The van der Waals surface area contributed by atoms with Gasteiger partial charge in [-0.25, -0.2) is 4.98 Å².